The van der Waals surface area contributed by atoms with Gasteiger partial charge in [0.05, 0.1) is 4.90 Å². The minimum atomic E-state index is -3.32. The molecule has 0 heterocycles. The standard InChI is InChI=1S/C13H11ClO2S2/c14-12-6-8-13(9-7-12)18(15,16)17-10-11-4-2-1-3-5-11/h1-9H,10H2. The largest absolute Gasteiger partial charge is 0.230 e. The lowest BCUT2D eigenvalue weighted by Gasteiger charge is -2.04. The summed E-state index contributed by atoms with van der Waals surface area (Å²) in [5.74, 6) is 0.436. The zero-order valence-electron chi connectivity index (χ0n) is 9.41. The van der Waals surface area contributed by atoms with Crippen molar-refractivity contribution in [2.45, 2.75) is 10.6 Å². The lowest BCUT2D eigenvalue weighted by molar-refractivity contribution is 0.610. The molecule has 0 saturated heterocycles. The smallest absolute Gasteiger partial charge is 0.212 e. The van der Waals surface area contributed by atoms with Crippen LogP contribution < -0.4 is 0 Å². The van der Waals surface area contributed by atoms with Crippen molar-refractivity contribution < 1.29 is 8.42 Å². The van der Waals surface area contributed by atoms with Gasteiger partial charge >= 0.3 is 0 Å². The summed E-state index contributed by atoms with van der Waals surface area (Å²) < 4.78 is 24.1. The number of hydrogen-bond acceptors (Lipinski definition) is 3. The highest BCUT2D eigenvalue weighted by molar-refractivity contribution is 8.71. The van der Waals surface area contributed by atoms with Gasteiger partial charge in [-0.2, -0.15) is 0 Å². The Bertz CT molecular complexity index is 607. The quantitative estimate of drug-likeness (QED) is 0.801. The van der Waals surface area contributed by atoms with E-state index in [2.05, 4.69) is 0 Å². The Labute approximate surface area is 115 Å². The first-order valence-electron chi connectivity index (χ1n) is 5.27. The predicted molar refractivity (Wildman–Crippen MR) is 76.4 cm³/mol. The second-order valence-corrected chi connectivity index (χ2v) is 8.02. The number of hydrogen-bond donors (Lipinski definition) is 0. The van der Waals surface area contributed by atoms with E-state index in [1.165, 1.54) is 12.1 Å². The van der Waals surface area contributed by atoms with Gasteiger partial charge in [-0.05, 0) is 40.6 Å². The highest BCUT2D eigenvalue weighted by Gasteiger charge is 2.14. The molecule has 0 aliphatic carbocycles. The van der Waals surface area contributed by atoms with Gasteiger partial charge in [-0.25, -0.2) is 8.42 Å². The van der Waals surface area contributed by atoms with E-state index in [0.29, 0.717) is 10.8 Å². The molecular formula is C13H11ClO2S2. The first kappa shape index (κ1) is 13.5. The molecule has 2 aromatic rings. The molecule has 5 heteroatoms. The summed E-state index contributed by atoms with van der Waals surface area (Å²) in [5, 5.41) is 0.530. The maximum Gasteiger partial charge on any atom is 0.230 e. The SMILES string of the molecule is O=S(=O)(SCc1ccccc1)c1ccc(Cl)cc1. The summed E-state index contributed by atoms with van der Waals surface area (Å²) >= 11 is 5.73. The fraction of sp³-hybridized carbons (Fsp3) is 0.0769. The first-order valence-corrected chi connectivity index (χ1v) is 8.63. The Hall–Kier alpha value is -0.970. The lowest BCUT2D eigenvalue weighted by Crippen LogP contribution is -1.95. The summed E-state index contributed by atoms with van der Waals surface area (Å²) in [5.41, 5.74) is 0.986. The van der Waals surface area contributed by atoms with Crippen LogP contribution >= 0.6 is 22.4 Å². The van der Waals surface area contributed by atoms with Gasteiger partial charge in [-0.1, -0.05) is 41.9 Å². The third kappa shape index (κ3) is 3.51. The third-order valence-electron chi connectivity index (χ3n) is 2.33. The average molecular weight is 299 g/mol. The molecule has 0 fully saturated rings. The summed E-state index contributed by atoms with van der Waals surface area (Å²) in [6.07, 6.45) is 0. The van der Waals surface area contributed by atoms with Gasteiger partial charge in [-0.3, -0.25) is 0 Å². The van der Waals surface area contributed by atoms with Gasteiger partial charge in [0.15, 0.2) is 0 Å². The van der Waals surface area contributed by atoms with Crippen molar-refractivity contribution in [2.75, 3.05) is 0 Å². The van der Waals surface area contributed by atoms with Crippen molar-refractivity contribution in [3.05, 3.63) is 65.2 Å². The minimum absolute atomic E-state index is 0.285. The first-order chi connectivity index (χ1) is 8.58. The van der Waals surface area contributed by atoms with Crippen molar-refractivity contribution in [3.63, 3.8) is 0 Å². The van der Waals surface area contributed by atoms with Crippen LogP contribution in [0.15, 0.2) is 59.5 Å². The molecule has 0 unspecified atom stereocenters. The lowest BCUT2D eigenvalue weighted by atomic mass is 10.2. The van der Waals surface area contributed by atoms with Crippen molar-refractivity contribution in [1.82, 2.24) is 0 Å². The third-order valence-corrected chi connectivity index (χ3v) is 6.05. The Morgan fingerprint density at radius 1 is 0.944 bits per heavy atom. The van der Waals surface area contributed by atoms with Gasteiger partial charge in [0.25, 0.3) is 0 Å². The summed E-state index contributed by atoms with van der Waals surface area (Å²) in [4.78, 5) is 0.285. The van der Waals surface area contributed by atoms with Crippen LogP contribution in [0.25, 0.3) is 0 Å². The van der Waals surface area contributed by atoms with E-state index in [4.69, 9.17) is 11.6 Å². The van der Waals surface area contributed by atoms with E-state index in [1.807, 2.05) is 30.3 Å². The number of halogens is 1. The van der Waals surface area contributed by atoms with Crippen molar-refractivity contribution in [2.24, 2.45) is 0 Å². The Morgan fingerprint density at radius 3 is 2.17 bits per heavy atom. The van der Waals surface area contributed by atoms with E-state index in [1.54, 1.807) is 12.1 Å². The second kappa shape index (κ2) is 5.78. The summed E-state index contributed by atoms with van der Waals surface area (Å²) in [6, 6.07) is 15.7. The van der Waals surface area contributed by atoms with Crippen LogP contribution in [0.3, 0.4) is 0 Å². The van der Waals surface area contributed by atoms with Gasteiger partial charge in [0.2, 0.25) is 8.87 Å². The Morgan fingerprint density at radius 2 is 1.56 bits per heavy atom. The molecule has 2 nitrogen and oxygen atoms in total. The minimum Gasteiger partial charge on any atom is -0.212 e. The monoisotopic (exact) mass is 298 g/mol. The normalized spacial score (nSPS) is 11.4. The topological polar surface area (TPSA) is 34.1 Å². The van der Waals surface area contributed by atoms with Crippen LogP contribution in [0.4, 0.5) is 0 Å². The molecule has 2 rings (SSSR count). The highest BCUT2D eigenvalue weighted by Crippen LogP contribution is 2.27. The molecular weight excluding hydrogens is 288 g/mol. The van der Waals surface area contributed by atoms with Gasteiger partial charge < -0.3 is 0 Å². The van der Waals surface area contributed by atoms with E-state index >= 15 is 0 Å². The summed E-state index contributed by atoms with van der Waals surface area (Å²) in [7, 11) is -2.40. The van der Waals surface area contributed by atoms with Gasteiger partial charge in [0, 0.05) is 10.8 Å². The van der Waals surface area contributed by atoms with Gasteiger partial charge in [0.1, 0.15) is 0 Å². The maximum atomic E-state index is 12.0. The fourth-order valence-corrected chi connectivity index (χ4v) is 4.22. The molecule has 0 aliphatic heterocycles. The molecule has 0 radical (unpaired) electrons. The highest BCUT2D eigenvalue weighted by atomic mass is 35.5. The van der Waals surface area contributed by atoms with Crippen molar-refractivity contribution >= 4 is 31.3 Å². The zero-order chi connectivity index (χ0) is 13.0. The van der Waals surface area contributed by atoms with Crippen molar-refractivity contribution in [1.29, 1.82) is 0 Å². The molecule has 0 saturated carbocycles. The molecule has 0 aromatic heterocycles. The van der Waals surface area contributed by atoms with Crippen LogP contribution in [0.2, 0.25) is 5.02 Å². The molecule has 0 aliphatic rings. The van der Waals surface area contributed by atoms with Crippen LogP contribution in [0.5, 0.6) is 0 Å². The molecule has 0 atom stereocenters. The molecule has 18 heavy (non-hydrogen) atoms. The predicted octanol–water partition coefficient (Wildman–Crippen LogP) is 3.96. The molecule has 0 N–H and O–H groups in total. The number of rotatable bonds is 4. The maximum absolute atomic E-state index is 12.0. The fourth-order valence-electron chi connectivity index (χ4n) is 1.39. The van der Waals surface area contributed by atoms with Crippen LogP contribution in [-0.4, -0.2) is 8.42 Å². The van der Waals surface area contributed by atoms with Crippen LogP contribution in [-0.2, 0) is 14.6 Å². The summed E-state index contributed by atoms with van der Waals surface area (Å²) in [6.45, 7) is 0. The second-order valence-electron chi connectivity index (χ2n) is 3.66. The molecule has 0 spiro atoms. The molecule has 0 bridgehead atoms. The Balaban J connectivity index is 2.11. The van der Waals surface area contributed by atoms with E-state index in [-0.39, 0.29) is 4.90 Å². The average Bonchev–Trinajstić information content (AvgIpc) is 2.38. The van der Waals surface area contributed by atoms with Crippen LogP contribution in [0.1, 0.15) is 5.56 Å². The van der Waals surface area contributed by atoms with E-state index < -0.39 is 8.87 Å². The van der Waals surface area contributed by atoms with E-state index in [0.717, 1.165) is 16.4 Å². The molecule has 0 amide bonds. The van der Waals surface area contributed by atoms with E-state index in [9.17, 15) is 8.42 Å². The number of benzene rings is 2. The Kier molecular flexibility index (Phi) is 4.32. The zero-order valence-corrected chi connectivity index (χ0v) is 11.8. The molecule has 2 aromatic carbocycles. The van der Waals surface area contributed by atoms with Gasteiger partial charge in [-0.15, -0.1) is 0 Å². The van der Waals surface area contributed by atoms with Crippen molar-refractivity contribution in [3.8, 4) is 0 Å². The molecule has 94 valence electrons. The van der Waals surface area contributed by atoms with Crippen LogP contribution in [0, 0.1) is 0 Å².